The zero-order valence-electron chi connectivity index (χ0n) is 9.91. The number of rotatable bonds is 3. The molecule has 0 aliphatic rings. The highest BCUT2D eigenvalue weighted by atomic mass is 35.5. The second-order valence-electron chi connectivity index (χ2n) is 3.80. The molecule has 0 aromatic heterocycles. The summed E-state index contributed by atoms with van der Waals surface area (Å²) in [5.74, 6) is -2.01. The monoisotopic (exact) mass is 282 g/mol. The summed E-state index contributed by atoms with van der Waals surface area (Å²) >= 11 is 5.60. The minimum Gasteiger partial charge on any atom is -0.494 e. The zero-order valence-corrected chi connectivity index (χ0v) is 10.7. The second-order valence-corrected chi connectivity index (χ2v) is 4.24. The molecule has 0 saturated carbocycles. The van der Waals surface area contributed by atoms with Gasteiger partial charge < -0.3 is 4.74 Å². The third kappa shape index (κ3) is 2.74. The number of hydrogen-bond donors (Lipinski definition) is 0. The number of hydrogen-bond acceptors (Lipinski definition) is 2. The van der Waals surface area contributed by atoms with E-state index in [4.69, 9.17) is 16.3 Å². The Bertz CT molecular complexity index is 641. The van der Waals surface area contributed by atoms with Gasteiger partial charge in [-0.3, -0.25) is 4.79 Å². The van der Waals surface area contributed by atoms with E-state index in [2.05, 4.69) is 0 Å². The lowest BCUT2D eigenvalue weighted by Gasteiger charge is -2.06. The molecule has 0 spiro atoms. The van der Waals surface area contributed by atoms with Gasteiger partial charge in [0.25, 0.3) is 0 Å². The van der Waals surface area contributed by atoms with Gasteiger partial charge in [-0.15, -0.1) is 0 Å². The normalized spacial score (nSPS) is 10.3. The Hall–Kier alpha value is -1.94. The molecule has 0 radical (unpaired) electrons. The van der Waals surface area contributed by atoms with Crippen molar-refractivity contribution in [2.24, 2.45) is 0 Å². The summed E-state index contributed by atoms with van der Waals surface area (Å²) in [6.07, 6.45) is 0. The van der Waals surface area contributed by atoms with Crippen molar-refractivity contribution < 1.29 is 18.3 Å². The van der Waals surface area contributed by atoms with Crippen molar-refractivity contribution >= 4 is 17.4 Å². The summed E-state index contributed by atoms with van der Waals surface area (Å²) < 4.78 is 31.9. The average molecular weight is 283 g/mol. The van der Waals surface area contributed by atoms with Crippen LogP contribution in [0.3, 0.4) is 0 Å². The number of methoxy groups -OCH3 is 1. The van der Waals surface area contributed by atoms with Crippen molar-refractivity contribution in [1.29, 1.82) is 0 Å². The number of carbonyl (C=O) groups is 1. The van der Waals surface area contributed by atoms with Crippen molar-refractivity contribution in [3.8, 4) is 5.75 Å². The van der Waals surface area contributed by atoms with E-state index in [1.54, 1.807) is 0 Å². The molecule has 5 heteroatoms. The summed E-state index contributed by atoms with van der Waals surface area (Å²) in [6, 6.07) is 7.40. The van der Waals surface area contributed by atoms with E-state index >= 15 is 0 Å². The third-order valence-corrected chi connectivity index (χ3v) is 2.82. The van der Waals surface area contributed by atoms with Crippen LogP contribution in [-0.2, 0) is 0 Å². The van der Waals surface area contributed by atoms with E-state index in [9.17, 15) is 13.6 Å². The number of carbonyl (C=O) groups excluding carboxylic acids is 1. The maximum absolute atomic E-state index is 13.6. The summed E-state index contributed by atoms with van der Waals surface area (Å²) in [7, 11) is 1.32. The van der Waals surface area contributed by atoms with Crippen LogP contribution in [0.4, 0.5) is 8.78 Å². The first-order valence-electron chi connectivity index (χ1n) is 5.36. The van der Waals surface area contributed by atoms with Crippen LogP contribution in [0, 0.1) is 11.6 Å². The Morgan fingerprint density at radius 1 is 1.11 bits per heavy atom. The Kier molecular flexibility index (Phi) is 3.81. The van der Waals surface area contributed by atoms with Crippen molar-refractivity contribution in [3.63, 3.8) is 0 Å². The second kappa shape index (κ2) is 5.36. The van der Waals surface area contributed by atoms with E-state index < -0.39 is 17.4 Å². The highest BCUT2D eigenvalue weighted by molar-refractivity contribution is 6.30. The third-order valence-electron chi connectivity index (χ3n) is 2.59. The van der Waals surface area contributed by atoms with Crippen LogP contribution in [0.2, 0.25) is 5.02 Å². The standard InChI is InChI=1S/C14H9ClF2O2/c1-19-13-5-2-8(6-12(13)17)14(18)10-4-3-9(15)7-11(10)16/h2-7H,1H3. The van der Waals surface area contributed by atoms with Gasteiger partial charge in [0.05, 0.1) is 12.7 Å². The molecule has 0 aliphatic heterocycles. The van der Waals surface area contributed by atoms with Crippen LogP contribution >= 0.6 is 11.6 Å². The largest absolute Gasteiger partial charge is 0.494 e. The molecule has 0 amide bonds. The summed E-state index contributed by atoms with van der Waals surface area (Å²) in [4.78, 5) is 12.0. The van der Waals surface area contributed by atoms with Crippen LogP contribution in [0.1, 0.15) is 15.9 Å². The van der Waals surface area contributed by atoms with Crippen molar-refractivity contribution in [2.75, 3.05) is 7.11 Å². The summed E-state index contributed by atoms with van der Waals surface area (Å²) in [5.41, 5.74) is -0.117. The molecule has 2 nitrogen and oxygen atoms in total. The molecule has 2 aromatic rings. The van der Waals surface area contributed by atoms with Crippen molar-refractivity contribution in [3.05, 3.63) is 64.2 Å². The Balaban J connectivity index is 2.41. The van der Waals surface area contributed by atoms with Crippen LogP contribution in [-0.4, -0.2) is 12.9 Å². The van der Waals surface area contributed by atoms with Gasteiger partial charge in [0, 0.05) is 10.6 Å². The molecule has 0 heterocycles. The van der Waals surface area contributed by atoms with Crippen LogP contribution in [0.25, 0.3) is 0 Å². The van der Waals surface area contributed by atoms with Gasteiger partial charge in [0.2, 0.25) is 0 Å². The smallest absolute Gasteiger partial charge is 0.196 e. The van der Waals surface area contributed by atoms with Crippen LogP contribution < -0.4 is 4.74 Å². The van der Waals surface area contributed by atoms with Gasteiger partial charge >= 0.3 is 0 Å². The first-order valence-corrected chi connectivity index (χ1v) is 5.74. The predicted octanol–water partition coefficient (Wildman–Crippen LogP) is 3.86. The Labute approximate surface area is 113 Å². The molecule has 2 aromatic carbocycles. The summed E-state index contributed by atoms with van der Waals surface area (Å²) in [6.45, 7) is 0. The van der Waals surface area contributed by atoms with Gasteiger partial charge in [0.1, 0.15) is 5.82 Å². The molecule has 0 bridgehead atoms. The van der Waals surface area contributed by atoms with Gasteiger partial charge in [-0.2, -0.15) is 0 Å². The minimum absolute atomic E-state index is 0.0214. The molecule has 0 N–H and O–H groups in total. The molecular formula is C14H9ClF2O2. The van der Waals surface area contributed by atoms with E-state index in [1.165, 1.54) is 31.4 Å². The van der Waals surface area contributed by atoms with E-state index in [1.807, 2.05) is 0 Å². The number of ketones is 1. The molecule has 98 valence electrons. The molecule has 0 fully saturated rings. The van der Waals surface area contributed by atoms with Gasteiger partial charge in [-0.1, -0.05) is 11.6 Å². The molecule has 0 atom stereocenters. The van der Waals surface area contributed by atoms with Crippen molar-refractivity contribution in [1.82, 2.24) is 0 Å². The lowest BCUT2D eigenvalue weighted by Crippen LogP contribution is -2.05. The number of benzene rings is 2. The minimum atomic E-state index is -0.742. The lowest BCUT2D eigenvalue weighted by molar-refractivity contribution is 0.103. The molecule has 19 heavy (non-hydrogen) atoms. The number of ether oxygens (including phenoxy) is 1. The molecule has 0 saturated heterocycles. The van der Waals surface area contributed by atoms with Gasteiger partial charge in [0.15, 0.2) is 17.3 Å². The first-order chi connectivity index (χ1) is 9.02. The fraction of sp³-hybridized carbons (Fsp3) is 0.0714. The van der Waals surface area contributed by atoms with Crippen molar-refractivity contribution in [2.45, 2.75) is 0 Å². The zero-order chi connectivity index (χ0) is 14.0. The predicted molar refractivity (Wildman–Crippen MR) is 67.8 cm³/mol. The fourth-order valence-electron chi connectivity index (χ4n) is 1.64. The molecular weight excluding hydrogens is 274 g/mol. The van der Waals surface area contributed by atoms with E-state index in [0.717, 1.165) is 12.1 Å². The quantitative estimate of drug-likeness (QED) is 0.799. The first kappa shape index (κ1) is 13.5. The highest BCUT2D eigenvalue weighted by Crippen LogP contribution is 2.22. The van der Waals surface area contributed by atoms with Gasteiger partial charge in [-0.05, 0) is 36.4 Å². The average Bonchev–Trinajstić information content (AvgIpc) is 2.38. The molecule has 0 unspecified atom stereocenters. The van der Waals surface area contributed by atoms with Crippen LogP contribution in [0.5, 0.6) is 5.75 Å². The molecule has 2 rings (SSSR count). The number of halogens is 3. The van der Waals surface area contributed by atoms with E-state index in [-0.39, 0.29) is 21.9 Å². The highest BCUT2D eigenvalue weighted by Gasteiger charge is 2.16. The maximum Gasteiger partial charge on any atom is 0.196 e. The SMILES string of the molecule is COc1ccc(C(=O)c2ccc(Cl)cc2F)cc1F. The van der Waals surface area contributed by atoms with Gasteiger partial charge in [-0.25, -0.2) is 8.78 Å². The maximum atomic E-state index is 13.6. The van der Waals surface area contributed by atoms with E-state index in [0.29, 0.717) is 0 Å². The lowest BCUT2D eigenvalue weighted by atomic mass is 10.0. The topological polar surface area (TPSA) is 26.3 Å². The Morgan fingerprint density at radius 2 is 1.84 bits per heavy atom. The Morgan fingerprint density at radius 3 is 2.42 bits per heavy atom. The summed E-state index contributed by atoms with van der Waals surface area (Å²) in [5, 5.41) is 0.190. The van der Waals surface area contributed by atoms with Crippen LogP contribution in [0.15, 0.2) is 36.4 Å². The fourth-order valence-corrected chi connectivity index (χ4v) is 1.80. The molecule has 0 aliphatic carbocycles.